The molecule has 1 amide bonds. The molecule has 2 unspecified atom stereocenters. The van der Waals surface area contributed by atoms with Gasteiger partial charge >= 0.3 is 0 Å². The van der Waals surface area contributed by atoms with Crippen LogP contribution in [-0.2, 0) is 10.3 Å². The Labute approximate surface area is 173 Å². The van der Waals surface area contributed by atoms with Crippen molar-refractivity contribution in [1.29, 1.82) is 0 Å². The summed E-state index contributed by atoms with van der Waals surface area (Å²) >= 11 is 3.48. The summed E-state index contributed by atoms with van der Waals surface area (Å²) in [6, 6.07) is 5.98. The Balaban J connectivity index is 0.000000292. The summed E-state index contributed by atoms with van der Waals surface area (Å²) in [6.07, 6.45) is 9.99. The molecule has 1 aliphatic carbocycles. The van der Waals surface area contributed by atoms with Crippen LogP contribution in [0.25, 0.3) is 0 Å². The number of rotatable bonds is 4. The molecule has 0 bridgehead atoms. The SMILES string of the molecule is CC1=NC(C)(c2ccc(F)cc2)C(=O)N1CCC(C)Br.FC1=CCC=CC=C1. The van der Waals surface area contributed by atoms with Crippen LogP contribution in [-0.4, -0.2) is 28.0 Å². The van der Waals surface area contributed by atoms with E-state index in [1.807, 2.05) is 26.0 Å². The first-order chi connectivity index (χ1) is 13.2. The van der Waals surface area contributed by atoms with Gasteiger partial charge in [-0.05, 0) is 56.5 Å². The van der Waals surface area contributed by atoms with E-state index in [2.05, 4.69) is 20.9 Å². The van der Waals surface area contributed by atoms with Gasteiger partial charge in [-0.15, -0.1) is 0 Å². The van der Waals surface area contributed by atoms with Crippen molar-refractivity contribution in [2.45, 2.75) is 44.0 Å². The molecule has 0 N–H and O–H groups in total. The van der Waals surface area contributed by atoms with E-state index in [0.717, 1.165) is 17.8 Å². The second-order valence-electron chi connectivity index (χ2n) is 6.88. The third kappa shape index (κ3) is 5.71. The van der Waals surface area contributed by atoms with Gasteiger partial charge in [-0.2, -0.15) is 0 Å². The van der Waals surface area contributed by atoms with E-state index in [9.17, 15) is 13.6 Å². The van der Waals surface area contributed by atoms with Crippen molar-refractivity contribution in [3.63, 3.8) is 0 Å². The Bertz CT molecular complexity index is 810. The normalized spacial score (nSPS) is 22.2. The molecule has 0 spiro atoms. The second-order valence-corrected chi connectivity index (χ2v) is 8.44. The van der Waals surface area contributed by atoms with Gasteiger partial charge in [0.1, 0.15) is 17.5 Å². The van der Waals surface area contributed by atoms with Crippen LogP contribution in [0.3, 0.4) is 0 Å². The number of hydrogen-bond acceptors (Lipinski definition) is 2. The second kappa shape index (κ2) is 9.92. The van der Waals surface area contributed by atoms with Crippen molar-refractivity contribution in [3.05, 3.63) is 71.9 Å². The van der Waals surface area contributed by atoms with Gasteiger partial charge in [0.2, 0.25) is 0 Å². The maximum absolute atomic E-state index is 13.0. The zero-order valence-electron chi connectivity index (χ0n) is 16.3. The predicted molar refractivity (Wildman–Crippen MR) is 114 cm³/mol. The molecule has 2 atom stereocenters. The van der Waals surface area contributed by atoms with E-state index in [0.29, 0.717) is 17.8 Å². The van der Waals surface area contributed by atoms with Gasteiger partial charge in [0.25, 0.3) is 5.91 Å². The summed E-state index contributed by atoms with van der Waals surface area (Å²) in [5, 5.41) is 0. The van der Waals surface area contributed by atoms with Gasteiger partial charge in [-0.25, -0.2) is 8.78 Å². The summed E-state index contributed by atoms with van der Waals surface area (Å²) in [5.41, 5.74) is -0.217. The van der Waals surface area contributed by atoms with Gasteiger partial charge in [-0.3, -0.25) is 14.7 Å². The minimum atomic E-state index is -0.937. The van der Waals surface area contributed by atoms with E-state index in [4.69, 9.17) is 0 Å². The number of amides is 1. The number of halogens is 3. The number of carbonyl (C=O) groups is 1. The van der Waals surface area contributed by atoms with Crippen molar-refractivity contribution < 1.29 is 13.6 Å². The van der Waals surface area contributed by atoms with Gasteiger partial charge in [0.15, 0.2) is 5.54 Å². The number of alkyl halides is 1. The zero-order valence-corrected chi connectivity index (χ0v) is 17.9. The molecule has 0 radical (unpaired) electrons. The molecule has 0 fully saturated rings. The van der Waals surface area contributed by atoms with Gasteiger partial charge < -0.3 is 0 Å². The first-order valence-electron chi connectivity index (χ1n) is 9.21. The summed E-state index contributed by atoms with van der Waals surface area (Å²) in [4.78, 5) is 19.2. The van der Waals surface area contributed by atoms with E-state index >= 15 is 0 Å². The summed E-state index contributed by atoms with van der Waals surface area (Å²) in [5.74, 6) is 0.216. The highest BCUT2D eigenvalue weighted by Gasteiger charge is 2.44. The molecule has 0 saturated heterocycles. The van der Waals surface area contributed by atoms with Crippen LogP contribution < -0.4 is 0 Å². The summed E-state index contributed by atoms with van der Waals surface area (Å²) < 4.78 is 25.2. The lowest BCUT2D eigenvalue weighted by molar-refractivity contribution is -0.131. The predicted octanol–water partition coefficient (Wildman–Crippen LogP) is 5.83. The van der Waals surface area contributed by atoms with Crippen LogP contribution >= 0.6 is 15.9 Å². The maximum atomic E-state index is 13.0. The molecular weight excluding hydrogens is 426 g/mol. The van der Waals surface area contributed by atoms with Crippen LogP contribution in [0.2, 0.25) is 0 Å². The van der Waals surface area contributed by atoms with E-state index in [-0.39, 0.29) is 17.6 Å². The van der Waals surface area contributed by atoms with Crippen LogP contribution in [0.1, 0.15) is 39.2 Å². The molecule has 1 aromatic rings. The fourth-order valence-corrected chi connectivity index (χ4v) is 3.13. The van der Waals surface area contributed by atoms with Crippen molar-refractivity contribution in [2.75, 3.05) is 6.54 Å². The maximum Gasteiger partial charge on any atom is 0.260 e. The topological polar surface area (TPSA) is 32.7 Å². The average Bonchev–Trinajstić information content (AvgIpc) is 2.80. The summed E-state index contributed by atoms with van der Waals surface area (Å²) in [7, 11) is 0. The Morgan fingerprint density at radius 1 is 1.25 bits per heavy atom. The molecule has 150 valence electrons. The highest BCUT2D eigenvalue weighted by atomic mass is 79.9. The number of nitrogens with zero attached hydrogens (tertiary/aromatic N) is 2. The van der Waals surface area contributed by atoms with E-state index in [1.165, 1.54) is 18.2 Å². The van der Waals surface area contributed by atoms with Crippen molar-refractivity contribution in [1.82, 2.24) is 4.90 Å². The number of allylic oxidation sites excluding steroid dienone is 6. The standard InChI is InChI=1S/C15H18BrFN2O.C7H7F/c1-10(16)8-9-19-11(2)18-15(3,14(19)20)12-4-6-13(17)7-5-12;8-7-5-3-1-2-4-6-7/h4-7,10H,8-9H2,1-3H3;1-3,5-6H,4H2. The van der Waals surface area contributed by atoms with Crippen LogP contribution in [0.4, 0.5) is 8.78 Å². The average molecular weight is 451 g/mol. The van der Waals surface area contributed by atoms with Crippen LogP contribution in [0.5, 0.6) is 0 Å². The fourth-order valence-electron chi connectivity index (χ4n) is 2.93. The molecule has 3 rings (SSSR count). The first kappa shape index (κ1) is 22.2. The minimum Gasteiger partial charge on any atom is -0.298 e. The molecule has 2 aliphatic rings. The molecule has 3 nitrogen and oxygen atoms in total. The largest absolute Gasteiger partial charge is 0.298 e. The number of hydrogen-bond donors (Lipinski definition) is 0. The third-order valence-corrected chi connectivity index (χ3v) is 5.00. The highest BCUT2D eigenvalue weighted by molar-refractivity contribution is 9.09. The third-order valence-electron chi connectivity index (χ3n) is 4.55. The molecule has 0 aromatic heterocycles. The Morgan fingerprint density at radius 2 is 1.93 bits per heavy atom. The van der Waals surface area contributed by atoms with Gasteiger partial charge in [-0.1, -0.05) is 53.2 Å². The molecule has 0 saturated carbocycles. The fraction of sp³-hybridized carbons (Fsp3) is 0.364. The number of amidine groups is 1. The first-order valence-corrected chi connectivity index (χ1v) is 10.1. The van der Waals surface area contributed by atoms with Crippen LogP contribution in [0.15, 0.2) is 65.5 Å². The quantitative estimate of drug-likeness (QED) is 0.530. The van der Waals surface area contributed by atoms with E-state index in [1.54, 1.807) is 36.1 Å². The van der Waals surface area contributed by atoms with E-state index < -0.39 is 5.54 Å². The lowest BCUT2D eigenvalue weighted by Crippen LogP contribution is -2.39. The smallest absolute Gasteiger partial charge is 0.260 e. The van der Waals surface area contributed by atoms with Crippen molar-refractivity contribution >= 4 is 27.7 Å². The molecular formula is C22H25BrF2N2O. The Kier molecular flexibility index (Phi) is 7.87. The lowest BCUT2D eigenvalue weighted by Gasteiger charge is -2.23. The zero-order chi connectivity index (χ0) is 20.7. The monoisotopic (exact) mass is 450 g/mol. The van der Waals surface area contributed by atoms with Crippen molar-refractivity contribution in [3.8, 4) is 0 Å². The Hall–Kier alpha value is -2.08. The molecule has 6 heteroatoms. The number of carbonyl (C=O) groups excluding carboxylic acids is 1. The molecule has 28 heavy (non-hydrogen) atoms. The van der Waals surface area contributed by atoms with Crippen molar-refractivity contribution in [2.24, 2.45) is 4.99 Å². The van der Waals surface area contributed by atoms with Crippen LogP contribution in [0, 0.1) is 5.82 Å². The Morgan fingerprint density at radius 3 is 2.57 bits per heavy atom. The number of benzene rings is 1. The highest BCUT2D eigenvalue weighted by Crippen LogP contribution is 2.33. The van der Waals surface area contributed by atoms with Gasteiger partial charge in [0.05, 0.1) is 0 Å². The summed E-state index contributed by atoms with van der Waals surface area (Å²) in [6.45, 7) is 6.30. The number of aliphatic imine (C=N–C) groups is 1. The molecule has 1 heterocycles. The van der Waals surface area contributed by atoms with Gasteiger partial charge in [0, 0.05) is 11.4 Å². The molecule has 1 aliphatic heterocycles. The molecule has 1 aromatic carbocycles. The minimum absolute atomic E-state index is 0.0465. The lowest BCUT2D eigenvalue weighted by atomic mass is 9.92.